The summed E-state index contributed by atoms with van der Waals surface area (Å²) < 4.78 is 5.19. The van der Waals surface area contributed by atoms with Crippen molar-refractivity contribution in [3.05, 3.63) is 9.88 Å². The molecule has 23 heavy (non-hydrogen) atoms. The molecule has 0 aromatic carbocycles. The van der Waals surface area contributed by atoms with E-state index in [-0.39, 0.29) is 5.91 Å². The molecule has 1 aromatic rings. The Hall–Kier alpha value is -1.18. The molecule has 2 aliphatic rings. The smallest absolute Gasteiger partial charge is 0.282 e. The minimum absolute atomic E-state index is 0.103. The summed E-state index contributed by atoms with van der Waals surface area (Å²) in [5.41, 5.74) is 0. The molecule has 2 aliphatic heterocycles. The zero-order valence-corrected chi connectivity index (χ0v) is 14.9. The normalized spacial score (nSPS) is 19.6. The molecule has 0 spiro atoms. The lowest BCUT2D eigenvalue weighted by Gasteiger charge is -2.27. The molecule has 0 saturated carbocycles. The Morgan fingerprint density at radius 2 is 2.09 bits per heavy atom. The molecule has 1 aromatic heterocycles. The first kappa shape index (κ1) is 16.7. The van der Waals surface area contributed by atoms with Gasteiger partial charge in [0.1, 0.15) is 5.82 Å². The highest BCUT2D eigenvalue weighted by molar-refractivity contribution is 7.14. The summed E-state index contributed by atoms with van der Waals surface area (Å²) in [4.78, 5) is 25.3. The van der Waals surface area contributed by atoms with Gasteiger partial charge in [-0.25, -0.2) is 4.98 Å². The van der Waals surface area contributed by atoms with E-state index in [1.165, 1.54) is 4.88 Å². The van der Waals surface area contributed by atoms with E-state index in [4.69, 9.17) is 9.72 Å². The first-order valence-electron chi connectivity index (χ1n) is 8.40. The van der Waals surface area contributed by atoms with E-state index in [1.54, 1.807) is 18.4 Å². The number of amides is 1. The van der Waals surface area contributed by atoms with Crippen LogP contribution in [0, 0.1) is 0 Å². The Bertz CT molecular complexity index is 548. The van der Waals surface area contributed by atoms with Crippen LogP contribution >= 0.6 is 11.3 Å². The van der Waals surface area contributed by atoms with Crippen molar-refractivity contribution in [1.82, 2.24) is 14.8 Å². The number of carbonyl (C=O) groups excluding carboxylic acids is 1. The van der Waals surface area contributed by atoms with E-state index in [2.05, 4.69) is 16.8 Å². The third-order valence-corrected chi connectivity index (χ3v) is 5.66. The van der Waals surface area contributed by atoms with Crippen LogP contribution in [0.15, 0.2) is 0 Å². The Balaban J connectivity index is 1.73. The lowest BCUT2D eigenvalue weighted by atomic mass is 10.2. The van der Waals surface area contributed by atoms with Crippen molar-refractivity contribution in [2.24, 2.45) is 0 Å². The average Bonchev–Trinajstić information content (AvgIpc) is 2.88. The Morgan fingerprint density at radius 3 is 2.91 bits per heavy atom. The number of rotatable bonds is 4. The maximum atomic E-state index is 12.8. The van der Waals surface area contributed by atoms with Crippen LogP contribution in [-0.2, 0) is 11.2 Å². The molecule has 0 unspecified atom stereocenters. The number of methoxy groups -OCH3 is 1. The van der Waals surface area contributed by atoms with E-state index >= 15 is 0 Å². The lowest BCUT2D eigenvalue weighted by molar-refractivity contribution is 0.0762. The zero-order chi connectivity index (χ0) is 16.2. The third kappa shape index (κ3) is 3.84. The van der Waals surface area contributed by atoms with Crippen molar-refractivity contribution in [2.45, 2.75) is 19.3 Å². The monoisotopic (exact) mass is 338 g/mol. The fourth-order valence-corrected chi connectivity index (χ4v) is 4.28. The number of likely N-dealkylation sites (N-methyl/N-ethyl adjacent to an activating group) is 1. The quantitative estimate of drug-likeness (QED) is 0.829. The third-order valence-electron chi connectivity index (χ3n) is 4.56. The second kappa shape index (κ2) is 7.59. The summed E-state index contributed by atoms with van der Waals surface area (Å²) in [5.74, 6) is 1.11. The molecular weight excluding hydrogens is 312 g/mol. The summed E-state index contributed by atoms with van der Waals surface area (Å²) in [6.07, 6.45) is 3.20. The van der Waals surface area contributed by atoms with Gasteiger partial charge in [0, 0.05) is 44.7 Å². The van der Waals surface area contributed by atoms with E-state index in [9.17, 15) is 4.79 Å². The molecular formula is C16H26N4O2S. The molecule has 0 bridgehead atoms. The van der Waals surface area contributed by atoms with Crippen molar-refractivity contribution < 1.29 is 9.53 Å². The summed E-state index contributed by atoms with van der Waals surface area (Å²) in [6.45, 7) is 6.17. The minimum Gasteiger partial charge on any atom is -0.383 e. The van der Waals surface area contributed by atoms with Gasteiger partial charge in [-0.2, -0.15) is 0 Å². The highest BCUT2D eigenvalue weighted by Gasteiger charge is 2.27. The van der Waals surface area contributed by atoms with Crippen molar-refractivity contribution >= 4 is 23.1 Å². The minimum atomic E-state index is 0.103. The van der Waals surface area contributed by atoms with Crippen molar-refractivity contribution in [2.75, 3.05) is 64.9 Å². The van der Waals surface area contributed by atoms with Gasteiger partial charge in [0.15, 0.2) is 5.01 Å². The van der Waals surface area contributed by atoms with Gasteiger partial charge < -0.3 is 19.4 Å². The maximum Gasteiger partial charge on any atom is 0.282 e. The van der Waals surface area contributed by atoms with Crippen LogP contribution in [0.25, 0.3) is 0 Å². The summed E-state index contributed by atoms with van der Waals surface area (Å²) in [5, 5.41) is 0.656. The molecule has 1 fully saturated rings. The first-order chi connectivity index (χ1) is 11.2. The summed E-state index contributed by atoms with van der Waals surface area (Å²) >= 11 is 1.58. The number of aryl methyl sites for hydroxylation is 1. The number of aromatic nitrogens is 1. The molecule has 7 heteroatoms. The first-order valence-corrected chi connectivity index (χ1v) is 9.22. The molecule has 1 saturated heterocycles. The van der Waals surface area contributed by atoms with E-state index < -0.39 is 0 Å². The second-order valence-electron chi connectivity index (χ2n) is 6.30. The molecule has 1 amide bonds. The SMILES string of the molecule is COCCN1CCCc2sc(C(=O)N3CCCN(C)CC3)nc21. The topological polar surface area (TPSA) is 48.9 Å². The van der Waals surface area contributed by atoms with E-state index in [0.717, 1.165) is 64.3 Å². The largest absolute Gasteiger partial charge is 0.383 e. The number of nitrogens with zero attached hydrogens (tertiary/aromatic N) is 4. The number of carbonyl (C=O) groups is 1. The van der Waals surface area contributed by atoms with Gasteiger partial charge in [0.25, 0.3) is 5.91 Å². The van der Waals surface area contributed by atoms with E-state index in [1.807, 2.05) is 4.90 Å². The van der Waals surface area contributed by atoms with Gasteiger partial charge in [0.05, 0.1) is 6.61 Å². The van der Waals surface area contributed by atoms with Crippen LogP contribution < -0.4 is 4.90 Å². The van der Waals surface area contributed by atoms with Crippen LogP contribution in [0.2, 0.25) is 0 Å². The highest BCUT2D eigenvalue weighted by atomic mass is 32.1. The highest BCUT2D eigenvalue weighted by Crippen LogP contribution is 2.32. The second-order valence-corrected chi connectivity index (χ2v) is 7.38. The Kier molecular flexibility index (Phi) is 5.50. The molecule has 0 radical (unpaired) electrons. The van der Waals surface area contributed by atoms with Gasteiger partial charge in [0.2, 0.25) is 0 Å². The Morgan fingerprint density at radius 1 is 1.22 bits per heavy atom. The van der Waals surface area contributed by atoms with Gasteiger partial charge >= 0.3 is 0 Å². The molecule has 128 valence electrons. The van der Waals surface area contributed by atoms with Crippen molar-refractivity contribution in [3.63, 3.8) is 0 Å². The Labute approximate surface area is 142 Å². The van der Waals surface area contributed by atoms with Gasteiger partial charge in [-0.15, -0.1) is 11.3 Å². The molecule has 3 heterocycles. The maximum absolute atomic E-state index is 12.8. The number of ether oxygens (including phenoxy) is 1. The molecule has 6 nitrogen and oxygen atoms in total. The number of hydrogen-bond donors (Lipinski definition) is 0. The number of thiazole rings is 1. The van der Waals surface area contributed by atoms with Crippen LogP contribution in [0.1, 0.15) is 27.5 Å². The van der Waals surface area contributed by atoms with Crippen molar-refractivity contribution in [3.8, 4) is 0 Å². The number of hydrogen-bond acceptors (Lipinski definition) is 6. The summed E-state index contributed by atoms with van der Waals surface area (Å²) in [6, 6.07) is 0. The van der Waals surface area contributed by atoms with Gasteiger partial charge in [-0.3, -0.25) is 4.79 Å². The number of anilines is 1. The molecule has 3 rings (SSSR count). The predicted octanol–water partition coefficient (Wildman–Crippen LogP) is 1.32. The average molecular weight is 338 g/mol. The van der Waals surface area contributed by atoms with Crippen molar-refractivity contribution in [1.29, 1.82) is 0 Å². The summed E-state index contributed by atoms with van der Waals surface area (Å²) in [7, 11) is 3.83. The predicted molar refractivity (Wildman–Crippen MR) is 92.5 cm³/mol. The lowest BCUT2D eigenvalue weighted by Crippen LogP contribution is -2.34. The fourth-order valence-electron chi connectivity index (χ4n) is 3.19. The molecule has 0 aliphatic carbocycles. The zero-order valence-electron chi connectivity index (χ0n) is 14.1. The standard InChI is InChI=1S/C16H26N4O2S/c1-18-6-4-8-20(10-9-18)16(21)15-17-14-13(23-15)5-3-7-19(14)11-12-22-2/h3-12H2,1-2H3. The van der Waals surface area contributed by atoms with Crippen LogP contribution in [0.3, 0.4) is 0 Å². The van der Waals surface area contributed by atoms with Crippen LogP contribution in [0.5, 0.6) is 0 Å². The molecule has 0 N–H and O–H groups in total. The molecule has 0 atom stereocenters. The van der Waals surface area contributed by atoms with E-state index in [0.29, 0.717) is 11.6 Å². The fraction of sp³-hybridized carbons (Fsp3) is 0.750. The van der Waals surface area contributed by atoms with Gasteiger partial charge in [-0.05, 0) is 32.9 Å². The van der Waals surface area contributed by atoms with Crippen LogP contribution in [0.4, 0.5) is 5.82 Å². The van der Waals surface area contributed by atoms with Crippen LogP contribution in [-0.4, -0.2) is 80.7 Å². The van der Waals surface area contributed by atoms with Gasteiger partial charge in [-0.1, -0.05) is 0 Å². The number of fused-ring (bicyclic) bond motifs is 1.